The zero-order chi connectivity index (χ0) is 16.8. The van der Waals surface area contributed by atoms with E-state index in [-0.39, 0.29) is 18.3 Å². The van der Waals surface area contributed by atoms with Crippen molar-refractivity contribution in [3.8, 4) is 11.3 Å². The van der Waals surface area contributed by atoms with Crippen LogP contribution in [0, 0.1) is 5.41 Å². The van der Waals surface area contributed by atoms with Gasteiger partial charge in [-0.1, -0.05) is 28.1 Å². The molecule has 0 saturated carbocycles. The van der Waals surface area contributed by atoms with E-state index in [4.69, 9.17) is 5.41 Å². The number of carbonyl (C=O) groups is 1. The molecule has 1 atom stereocenters. The highest BCUT2D eigenvalue weighted by Crippen LogP contribution is 2.31. The van der Waals surface area contributed by atoms with Gasteiger partial charge in [0.05, 0.1) is 23.3 Å². The molecule has 23 heavy (non-hydrogen) atoms. The molecule has 0 spiro atoms. The predicted octanol–water partition coefficient (Wildman–Crippen LogP) is 2.45. The van der Waals surface area contributed by atoms with E-state index in [1.54, 1.807) is 11.7 Å². The van der Waals surface area contributed by atoms with Crippen molar-refractivity contribution in [1.29, 1.82) is 5.41 Å². The maximum atomic E-state index is 12.1. The second-order valence-corrected chi connectivity index (χ2v) is 6.90. The summed E-state index contributed by atoms with van der Waals surface area (Å²) in [6.07, 6.45) is 0.281. The van der Waals surface area contributed by atoms with Crippen LogP contribution in [0.3, 0.4) is 0 Å². The third-order valence-electron chi connectivity index (χ3n) is 4.17. The zero-order valence-electron chi connectivity index (χ0n) is 13.2. The van der Waals surface area contributed by atoms with Crippen LogP contribution in [0.2, 0.25) is 0 Å². The van der Waals surface area contributed by atoms with Crippen molar-refractivity contribution in [3.63, 3.8) is 0 Å². The van der Waals surface area contributed by atoms with Crippen molar-refractivity contribution in [1.82, 2.24) is 20.0 Å². The van der Waals surface area contributed by atoms with Crippen LogP contribution in [0.1, 0.15) is 19.0 Å². The molecule has 1 aliphatic rings. The lowest BCUT2D eigenvalue weighted by Gasteiger charge is -2.39. The molecule has 2 aromatic rings. The van der Waals surface area contributed by atoms with Gasteiger partial charge in [-0.15, -0.1) is 0 Å². The van der Waals surface area contributed by atoms with Crippen molar-refractivity contribution in [2.24, 2.45) is 7.05 Å². The first-order valence-corrected chi connectivity index (χ1v) is 8.03. The number of amides is 1. The smallest absolute Gasteiger partial charge is 0.231 e. The molecule has 2 heterocycles. The SMILES string of the molecule is CN1C(=N)N[C@](C)(c2cc(-c3cccc(Br)c3)nn2C)CC1=O. The first-order valence-electron chi connectivity index (χ1n) is 7.24. The van der Waals surface area contributed by atoms with E-state index in [9.17, 15) is 4.79 Å². The Morgan fingerprint density at radius 2 is 2.09 bits per heavy atom. The number of nitrogens with zero attached hydrogens (tertiary/aromatic N) is 3. The molecular formula is C16H18BrN5O. The van der Waals surface area contributed by atoms with E-state index in [2.05, 4.69) is 26.3 Å². The Balaban J connectivity index is 2.01. The summed E-state index contributed by atoms with van der Waals surface area (Å²) in [7, 11) is 3.46. The average Bonchev–Trinajstić information content (AvgIpc) is 2.88. The number of halogens is 1. The topological polar surface area (TPSA) is 74.0 Å². The highest BCUT2D eigenvalue weighted by Gasteiger charge is 2.40. The molecule has 6 nitrogen and oxygen atoms in total. The maximum Gasteiger partial charge on any atom is 0.231 e. The summed E-state index contributed by atoms with van der Waals surface area (Å²) in [5.74, 6) is 0.0235. The minimum atomic E-state index is -0.646. The van der Waals surface area contributed by atoms with Crippen molar-refractivity contribution < 1.29 is 4.79 Å². The van der Waals surface area contributed by atoms with Gasteiger partial charge in [-0.2, -0.15) is 5.10 Å². The molecule has 120 valence electrons. The van der Waals surface area contributed by atoms with Crippen LogP contribution in [0.15, 0.2) is 34.8 Å². The van der Waals surface area contributed by atoms with Crippen molar-refractivity contribution in [3.05, 3.63) is 40.5 Å². The van der Waals surface area contributed by atoms with Crippen molar-refractivity contribution >= 4 is 27.8 Å². The largest absolute Gasteiger partial charge is 0.345 e. The Bertz CT molecular complexity index is 780. The fraction of sp³-hybridized carbons (Fsp3) is 0.312. The van der Waals surface area contributed by atoms with Gasteiger partial charge in [-0.05, 0) is 25.1 Å². The molecule has 1 aliphatic heterocycles. The normalized spacial score (nSPS) is 21.5. The number of hydrogen-bond donors (Lipinski definition) is 2. The fourth-order valence-electron chi connectivity index (χ4n) is 2.86. The lowest BCUT2D eigenvalue weighted by Crippen LogP contribution is -2.58. The number of benzene rings is 1. The first kappa shape index (κ1) is 15.7. The van der Waals surface area contributed by atoms with Crippen LogP contribution in [0.25, 0.3) is 11.3 Å². The van der Waals surface area contributed by atoms with Crippen LogP contribution >= 0.6 is 15.9 Å². The van der Waals surface area contributed by atoms with E-state index in [0.29, 0.717) is 0 Å². The van der Waals surface area contributed by atoms with Gasteiger partial charge in [0, 0.05) is 24.1 Å². The second kappa shape index (κ2) is 5.49. The summed E-state index contributed by atoms with van der Waals surface area (Å²) in [5, 5.41) is 15.7. The molecule has 7 heteroatoms. The third kappa shape index (κ3) is 2.76. The van der Waals surface area contributed by atoms with Crippen LogP contribution in [0.4, 0.5) is 0 Å². The van der Waals surface area contributed by atoms with Crippen molar-refractivity contribution in [2.75, 3.05) is 7.05 Å². The zero-order valence-corrected chi connectivity index (χ0v) is 14.8. The van der Waals surface area contributed by atoms with Gasteiger partial charge in [0.2, 0.25) is 5.91 Å². The van der Waals surface area contributed by atoms with Crippen molar-refractivity contribution in [2.45, 2.75) is 18.9 Å². The molecule has 1 fully saturated rings. The summed E-state index contributed by atoms with van der Waals surface area (Å²) in [6.45, 7) is 1.92. The number of nitrogens with one attached hydrogen (secondary N) is 2. The van der Waals surface area contributed by atoms with E-state index in [0.717, 1.165) is 21.4 Å². The lowest BCUT2D eigenvalue weighted by atomic mass is 9.90. The highest BCUT2D eigenvalue weighted by atomic mass is 79.9. The first-order chi connectivity index (χ1) is 10.8. The average molecular weight is 376 g/mol. The minimum Gasteiger partial charge on any atom is -0.345 e. The van der Waals surface area contributed by atoms with E-state index >= 15 is 0 Å². The molecule has 0 aliphatic carbocycles. The molecule has 2 N–H and O–H groups in total. The van der Waals surface area contributed by atoms with Gasteiger partial charge in [0.15, 0.2) is 5.96 Å². The highest BCUT2D eigenvalue weighted by molar-refractivity contribution is 9.10. The Morgan fingerprint density at radius 1 is 1.35 bits per heavy atom. The van der Waals surface area contributed by atoms with E-state index in [1.807, 2.05) is 44.3 Å². The number of aryl methyl sites for hydroxylation is 1. The molecule has 1 aromatic carbocycles. The number of hydrogen-bond acceptors (Lipinski definition) is 3. The number of rotatable bonds is 2. The Morgan fingerprint density at radius 3 is 2.74 bits per heavy atom. The monoisotopic (exact) mass is 375 g/mol. The summed E-state index contributed by atoms with van der Waals surface area (Å²) < 4.78 is 2.76. The summed E-state index contributed by atoms with van der Waals surface area (Å²) >= 11 is 3.47. The summed E-state index contributed by atoms with van der Waals surface area (Å²) in [4.78, 5) is 13.5. The van der Waals surface area contributed by atoms with Crippen LogP contribution < -0.4 is 5.32 Å². The predicted molar refractivity (Wildman–Crippen MR) is 91.9 cm³/mol. The number of aromatic nitrogens is 2. The second-order valence-electron chi connectivity index (χ2n) is 5.98. The third-order valence-corrected chi connectivity index (χ3v) is 4.67. The quantitative estimate of drug-likeness (QED) is 0.846. The van der Waals surface area contributed by atoms with Gasteiger partial charge in [-0.25, -0.2) is 0 Å². The lowest BCUT2D eigenvalue weighted by molar-refractivity contribution is -0.129. The Labute approximate surface area is 143 Å². The standard InChI is InChI=1S/C16H18BrN5O/c1-16(9-14(23)21(2)15(18)19-16)13-8-12(20-22(13)3)10-5-4-6-11(17)7-10/h4-8H,9H2,1-3H3,(H2,18,19)/t16-/m0/s1. The minimum absolute atomic E-state index is 0.0820. The molecule has 0 unspecified atom stereocenters. The van der Waals surface area contributed by atoms with Gasteiger partial charge in [0.1, 0.15) is 0 Å². The molecule has 3 rings (SSSR count). The van der Waals surface area contributed by atoms with Gasteiger partial charge >= 0.3 is 0 Å². The van der Waals surface area contributed by atoms with Gasteiger partial charge in [-0.3, -0.25) is 19.8 Å². The van der Waals surface area contributed by atoms with Crippen LogP contribution in [-0.4, -0.2) is 33.6 Å². The summed E-state index contributed by atoms with van der Waals surface area (Å²) in [6, 6.07) is 9.90. The molecule has 1 aromatic heterocycles. The number of guanidine groups is 1. The van der Waals surface area contributed by atoms with E-state index in [1.165, 1.54) is 4.90 Å². The molecule has 0 radical (unpaired) electrons. The molecule has 1 amide bonds. The molecule has 1 saturated heterocycles. The van der Waals surface area contributed by atoms with Gasteiger partial charge < -0.3 is 5.32 Å². The van der Waals surface area contributed by atoms with Crippen LogP contribution in [-0.2, 0) is 17.4 Å². The Kier molecular flexibility index (Phi) is 3.75. The fourth-order valence-corrected chi connectivity index (χ4v) is 3.26. The number of carbonyl (C=O) groups excluding carboxylic acids is 1. The Hall–Kier alpha value is -2.15. The summed E-state index contributed by atoms with van der Waals surface area (Å²) in [5.41, 5.74) is 2.06. The van der Waals surface area contributed by atoms with E-state index < -0.39 is 5.54 Å². The van der Waals surface area contributed by atoms with Gasteiger partial charge in [0.25, 0.3) is 0 Å². The molecule has 0 bridgehead atoms. The molecular weight excluding hydrogens is 358 g/mol. The maximum absolute atomic E-state index is 12.1. The van der Waals surface area contributed by atoms with Crippen LogP contribution in [0.5, 0.6) is 0 Å².